The van der Waals surface area contributed by atoms with Crippen molar-refractivity contribution >= 4 is 22.6 Å². The zero-order valence-electron chi connectivity index (χ0n) is 7.00. The standard InChI is InChI=1S/C8H12IN3/c1-2-6(10)3-8-7(9)4-11-5-12-8/h4-6H,2-3,10H2,1H3. The van der Waals surface area contributed by atoms with Gasteiger partial charge in [0.1, 0.15) is 6.33 Å². The maximum atomic E-state index is 5.81. The van der Waals surface area contributed by atoms with Crippen LogP contribution >= 0.6 is 22.6 Å². The number of nitrogens with zero attached hydrogens (tertiary/aromatic N) is 2. The van der Waals surface area contributed by atoms with Crippen LogP contribution in [0.1, 0.15) is 19.0 Å². The first-order valence-electron chi connectivity index (χ1n) is 3.94. The Morgan fingerprint density at radius 1 is 1.67 bits per heavy atom. The molecule has 0 aliphatic heterocycles. The quantitative estimate of drug-likeness (QED) is 0.849. The fourth-order valence-corrected chi connectivity index (χ4v) is 1.40. The van der Waals surface area contributed by atoms with Gasteiger partial charge in [-0.15, -0.1) is 0 Å². The zero-order chi connectivity index (χ0) is 8.97. The van der Waals surface area contributed by atoms with Crippen molar-refractivity contribution in [1.82, 2.24) is 9.97 Å². The molecule has 0 aliphatic carbocycles. The van der Waals surface area contributed by atoms with Gasteiger partial charge in [0.15, 0.2) is 0 Å². The predicted molar refractivity (Wildman–Crippen MR) is 56.7 cm³/mol. The molecule has 1 unspecified atom stereocenters. The third-order valence-electron chi connectivity index (χ3n) is 1.72. The summed E-state index contributed by atoms with van der Waals surface area (Å²) in [7, 11) is 0. The molecular weight excluding hydrogens is 265 g/mol. The molecular formula is C8H12IN3. The highest BCUT2D eigenvalue weighted by molar-refractivity contribution is 14.1. The maximum Gasteiger partial charge on any atom is 0.115 e. The van der Waals surface area contributed by atoms with E-state index in [1.54, 1.807) is 6.33 Å². The number of aromatic nitrogens is 2. The number of halogens is 1. The van der Waals surface area contributed by atoms with Crippen molar-refractivity contribution in [3.63, 3.8) is 0 Å². The van der Waals surface area contributed by atoms with E-state index in [2.05, 4.69) is 39.5 Å². The fraction of sp³-hybridized carbons (Fsp3) is 0.500. The van der Waals surface area contributed by atoms with E-state index in [1.165, 1.54) is 0 Å². The summed E-state index contributed by atoms with van der Waals surface area (Å²) in [6.45, 7) is 2.08. The number of nitrogens with two attached hydrogens (primary N) is 1. The third-order valence-corrected chi connectivity index (χ3v) is 2.62. The summed E-state index contributed by atoms with van der Waals surface area (Å²) in [6.07, 6.45) is 5.21. The topological polar surface area (TPSA) is 51.8 Å². The summed E-state index contributed by atoms with van der Waals surface area (Å²) in [5.74, 6) is 0. The van der Waals surface area contributed by atoms with Gasteiger partial charge in [-0.3, -0.25) is 0 Å². The Morgan fingerprint density at radius 2 is 2.42 bits per heavy atom. The Bertz CT molecular complexity index is 252. The van der Waals surface area contributed by atoms with Crippen LogP contribution in [0.4, 0.5) is 0 Å². The van der Waals surface area contributed by atoms with E-state index in [4.69, 9.17) is 5.73 Å². The lowest BCUT2D eigenvalue weighted by atomic mass is 10.1. The molecule has 1 aromatic heterocycles. The van der Waals surface area contributed by atoms with Crippen LogP contribution in [-0.2, 0) is 6.42 Å². The Labute approximate surface area is 85.9 Å². The van der Waals surface area contributed by atoms with Crippen LogP contribution in [0.25, 0.3) is 0 Å². The highest BCUT2D eigenvalue weighted by Gasteiger charge is 2.05. The van der Waals surface area contributed by atoms with E-state index in [0.29, 0.717) is 0 Å². The first-order valence-corrected chi connectivity index (χ1v) is 5.02. The summed E-state index contributed by atoms with van der Waals surface area (Å²) in [5, 5.41) is 0. The van der Waals surface area contributed by atoms with Crippen LogP contribution < -0.4 is 5.73 Å². The average molecular weight is 277 g/mol. The Morgan fingerprint density at radius 3 is 3.00 bits per heavy atom. The van der Waals surface area contributed by atoms with Gasteiger partial charge in [-0.05, 0) is 29.0 Å². The van der Waals surface area contributed by atoms with Crippen molar-refractivity contribution in [2.75, 3.05) is 0 Å². The van der Waals surface area contributed by atoms with Gasteiger partial charge < -0.3 is 5.73 Å². The lowest BCUT2D eigenvalue weighted by Gasteiger charge is -2.08. The Balaban J connectivity index is 2.69. The summed E-state index contributed by atoms with van der Waals surface area (Å²) in [4.78, 5) is 8.09. The van der Waals surface area contributed by atoms with Gasteiger partial charge in [0.25, 0.3) is 0 Å². The summed E-state index contributed by atoms with van der Waals surface area (Å²) in [6, 6.07) is 0.216. The molecule has 1 aromatic rings. The molecule has 66 valence electrons. The molecule has 0 aromatic carbocycles. The molecule has 1 atom stereocenters. The molecule has 3 nitrogen and oxygen atoms in total. The van der Waals surface area contributed by atoms with Gasteiger partial charge in [-0.25, -0.2) is 9.97 Å². The predicted octanol–water partition coefficient (Wildman–Crippen LogP) is 1.36. The summed E-state index contributed by atoms with van der Waals surface area (Å²) < 4.78 is 1.10. The highest BCUT2D eigenvalue weighted by Crippen LogP contribution is 2.09. The minimum Gasteiger partial charge on any atom is -0.327 e. The zero-order valence-corrected chi connectivity index (χ0v) is 9.15. The van der Waals surface area contributed by atoms with E-state index >= 15 is 0 Å². The van der Waals surface area contributed by atoms with Crippen molar-refractivity contribution in [3.05, 3.63) is 21.8 Å². The molecule has 12 heavy (non-hydrogen) atoms. The molecule has 0 saturated carbocycles. The van der Waals surface area contributed by atoms with Crippen LogP contribution in [0.2, 0.25) is 0 Å². The average Bonchev–Trinajstić information content (AvgIpc) is 2.09. The normalized spacial score (nSPS) is 12.9. The van der Waals surface area contributed by atoms with Crippen LogP contribution in [0.3, 0.4) is 0 Å². The van der Waals surface area contributed by atoms with Crippen molar-refractivity contribution in [2.45, 2.75) is 25.8 Å². The Hall–Kier alpha value is -0.230. The van der Waals surface area contributed by atoms with Crippen molar-refractivity contribution < 1.29 is 0 Å². The molecule has 2 N–H and O–H groups in total. The minimum atomic E-state index is 0.216. The largest absolute Gasteiger partial charge is 0.327 e. The van der Waals surface area contributed by atoms with Gasteiger partial charge in [-0.1, -0.05) is 6.92 Å². The maximum absolute atomic E-state index is 5.81. The third kappa shape index (κ3) is 2.67. The molecule has 0 aliphatic rings. The molecule has 1 rings (SSSR count). The second-order valence-corrected chi connectivity index (χ2v) is 3.85. The number of hydrogen-bond acceptors (Lipinski definition) is 3. The van der Waals surface area contributed by atoms with Crippen molar-refractivity contribution in [1.29, 1.82) is 0 Å². The van der Waals surface area contributed by atoms with E-state index < -0.39 is 0 Å². The first-order chi connectivity index (χ1) is 5.74. The van der Waals surface area contributed by atoms with Gasteiger partial charge in [0.2, 0.25) is 0 Å². The summed E-state index contributed by atoms with van der Waals surface area (Å²) >= 11 is 2.23. The highest BCUT2D eigenvalue weighted by atomic mass is 127. The number of hydrogen-bond donors (Lipinski definition) is 1. The fourth-order valence-electron chi connectivity index (χ4n) is 0.881. The SMILES string of the molecule is CCC(N)Cc1ncncc1I. The van der Waals surface area contributed by atoms with Crippen LogP contribution in [-0.4, -0.2) is 16.0 Å². The molecule has 0 amide bonds. The van der Waals surface area contributed by atoms with Crippen LogP contribution in [0.5, 0.6) is 0 Å². The van der Waals surface area contributed by atoms with Gasteiger partial charge in [0, 0.05) is 18.7 Å². The van der Waals surface area contributed by atoms with Crippen LogP contribution in [0.15, 0.2) is 12.5 Å². The first kappa shape index (κ1) is 9.85. The van der Waals surface area contributed by atoms with Crippen LogP contribution in [0, 0.1) is 3.57 Å². The monoisotopic (exact) mass is 277 g/mol. The van der Waals surface area contributed by atoms with E-state index in [1.807, 2.05) is 6.20 Å². The molecule has 4 heteroatoms. The molecule has 0 bridgehead atoms. The minimum absolute atomic E-state index is 0.216. The van der Waals surface area contributed by atoms with Gasteiger partial charge in [-0.2, -0.15) is 0 Å². The molecule has 0 radical (unpaired) electrons. The van der Waals surface area contributed by atoms with E-state index in [9.17, 15) is 0 Å². The molecule has 0 fully saturated rings. The lowest BCUT2D eigenvalue weighted by Crippen LogP contribution is -2.22. The van der Waals surface area contributed by atoms with Gasteiger partial charge in [0.05, 0.1) is 9.26 Å². The smallest absolute Gasteiger partial charge is 0.115 e. The van der Waals surface area contributed by atoms with E-state index in [-0.39, 0.29) is 6.04 Å². The second kappa shape index (κ2) is 4.71. The molecule has 0 spiro atoms. The van der Waals surface area contributed by atoms with Crippen molar-refractivity contribution in [2.24, 2.45) is 5.73 Å². The second-order valence-electron chi connectivity index (χ2n) is 2.69. The lowest BCUT2D eigenvalue weighted by molar-refractivity contribution is 0.633. The van der Waals surface area contributed by atoms with E-state index in [0.717, 1.165) is 22.1 Å². The summed E-state index contributed by atoms with van der Waals surface area (Å²) in [5.41, 5.74) is 6.87. The molecule has 1 heterocycles. The van der Waals surface area contributed by atoms with Gasteiger partial charge >= 0.3 is 0 Å². The number of rotatable bonds is 3. The molecule has 0 saturated heterocycles. The Kier molecular flexibility index (Phi) is 3.87. The van der Waals surface area contributed by atoms with Crippen molar-refractivity contribution in [3.8, 4) is 0 Å².